The lowest BCUT2D eigenvalue weighted by atomic mass is 10.1. The van der Waals surface area contributed by atoms with Crippen molar-refractivity contribution in [3.05, 3.63) is 77.5 Å². The predicted octanol–water partition coefficient (Wildman–Crippen LogP) is 3.90. The second-order valence-electron chi connectivity index (χ2n) is 6.37. The number of para-hydroxylation sites is 1. The molecule has 27 heavy (non-hydrogen) atoms. The Morgan fingerprint density at radius 3 is 2.56 bits per heavy atom. The van der Waals surface area contributed by atoms with Crippen molar-refractivity contribution in [3.63, 3.8) is 0 Å². The van der Waals surface area contributed by atoms with Gasteiger partial charge in [-0.15, -0.1) is 0 Å². The number of carbonyl (C=O) groups is 1. The van der Waals surface area contributed by atoms with Crippen molar-refractivity contribution in [1.82, 2.24) is 24.6 Å². The molecule has 0 aliphatic carbocycles. The summed E-state index contributed by atoms with van der Waals surface area (Å²) in [5.41, 5.74) is 3.29. The van der Waals surface area contributed by atoms with E-state index in [1.807, 2.05) is 67.1 Å². The number of aryl methyl sites for hydroxylation is 1. The minimum absolute atomic E-state index is 0.170. The third kappa shape index (κ3) is 3.08. The average Bonchev–Trinajstić information content (AvgIpc) is 3.30. The van der Waals surface area contributed by atoms with Crippen molar-refractivity contribution in [2.75, 3.05) is 0 Å². The highest BCUT2D eigenvalue weighted by molar-refractivity contribution is 6.38. The molecule has 136 valence electrons. The first-order valence-electron chi connectivity index (χ1n) is 8.55. The molecule has 1 amide bonds. The van der Waals surface area contributed by atoms with E-state index in [4.69, 9.17) is 11.6 Å². The molecular weight excluding hydrogens is 362 g/mol. The maximum Gasteiger partial charge on any atom is 0.269 e. The smallest absolute Gasteiger partial charge is 0.269 e. The van der Waals surface area contributed by atoms with Crippen LogP contribution in [0, 0.1) is 0 Å². The van der Waals surface area contributed by atoms with Gasteiger partial charge >= 0.3 is 0 Å². The van der Waals surface area contributed by atoms with Gasteiger partial charge in [-0.05, 0) is 30.7 Å². The number of benzene rings is 2. The second kappa shape index (κ2) is 6.89. The number of hydrogen-bond donors (Lipinski definition) is 1. The lowest BCUT2D eigenvalue weighted by molar-refractivity contribution is 0.0932. The second-order valence-corrected chi connectivity index (χ2v) is 6.74. The Morgan fingerprint density at radius 2 is 1.89 bits per heavy atom. The fraction of sp³-hybridized carbons (Fsp3) is 0.150. The molecule has 6 nitrogen and oxygen atoms in total. The van der Waals surface area contributed by atoms with Crippen LogP contribution < -0.4 is 5.32 Å². The molecule has 0 aliphatic heterocycles. The first-order valence-corrected chi connectivity index (χ1v) is 8.93. The molecule has 7 heteroatoms. The van der Waals surface area contributed by atoms with Crippen LogP contribution in [-0.4, -0.2) is 25.2 Å². The van der Waals surface area contributed by atoms with Crippen molar-refractivity contribution in [2.24, 2.45) is 7.05 Å². The Labute approximate surface area is 161 Å². The highest BCUT2D eigenvalue weighted by atomic mass is 35.5. The monoisotopic (exact) mass is 379 g/mol. The Kier molecular flexibility index (Phi) is 4.41. The van der Waals surface area contributed by atoms with Crippen molar-refractivity contribution in [1.29, 1.82) is 0 Å². The summed E-state index contributed by atoms with van der Waals surface area (Å²) in [5.74, 6) is -0.202. The van der Waals surface area contributed by atoms with E-state index in [0.29, 0.717) is 10.7 Å². The number of nitrogens with zero attached hydrogens (tertiary/aromatic N) is 4. The summed E-state index contributed by atoms with van der Waals surface area (Å²) in [7, 11) is 1.85. The minimum atomic E-state index is -0.202. The van der Waals surface area contributed by atoms with Gasteiger partial charge in [-0.25, -0.2) is 9.67 Å². The van der Waals surface area contributed by atoms with E-state index >= 15 is 0 Å². The first kappa shape index (κ1) is 17.3. The molecule has 2 aromatic heterocycles. The minimum Gasteiger partial charge on any atom is -0.344 e. The van der Waals surface area contributed by atoms with Crippen LogP contribution in [0.15, 0.2) is 61.2 Å². The first-order chi connectivity index (χ1) is 13.1. The number of amides is 1. The summed E-state index contributed by atoms with van der Waals surface area (Å²) < 4.78 is 3.51. The van der Waals surface area contributed by atoms with E-state index < -0.39 is 0 Å². The zero-order valence-electron chi connectivity index (χ0n) is 14.9. The molecule has 0 spiro atoms. The van der Waals surface area contributed by atoms with E-state index in [1.165, 1.54) is 6.33 Å². The normalized spacial score (nSPS) is 12.3. The topological polar surface area (TPSA) is 64.7 Å². The highest BCUT2D eigenvalue weighted by Gasteiger charge is 2.21. The lowest BCUT2D eigenvalue weighted by Gasteiger charge is -2.15. The maximum atomic E-state index is 12.9. The van der Waals surface area contributed by atoms with Crippen LogP contribution in [0.25, 0.3) is 16.6 Å². The third-order valence-corrected chi connectivity index (χ3v) is 5.07. The number of nitrogens with one attached hydrogen (secondary N) is 1. The fourth-order valence-corrected chi connectivity index (χ4v) is 3.58. The molecule has 4 rings (SSSR count). The van der Waals surface area contributed by atoms with E-state index in [1.54, 1.807) is 11.0 Å². The Balaban J connectivity index is 1.56. The third-order valence-electron chi connectivity index (χ3n) is 4.68. The quantitative estimate of drug-likeness (QED) is 0.584. The summed E-state index contributed by atoms with van der Waals surface area (Å²) in [6.45, 7) is 1.94. The SMILES string of the molecule is CC(NC(=O)c1c(Cl)c2ccccc2n1C)c1ccc(-n2cncn2)cc1. The predicted molar refractivity (Wildman–Crippen MR) is 105 cm³/mol. The largest absolute Gasteiger partial charge is 0.344 e. The molecule has 1 N–H and O–H groups in total. The van der Waals surface area contributed by atoms with Crippen molar-refractivity contribution in [2.45, 2.75) is 13.0 Å². The summed E-state index contributed by atoms with van der Waals surface area (Å²) in [6, 6.07) is 15.3. The standard InChI is InChI=1S/C20H18ClN5O/c1-13(14-7-9-15(10-8-14)26-12-22-11-23-26)24-20(27)19-18(21)16-5-3-4-6-17(16)25(19)2/h3-13H,1-2H3,(H,24,27). The molecule has 0 fully saturated rings. The van der Waals surface area contributed by atoms with Crippen molar-refractivity contribution < 1.29 is 4.79 Å². The van der Waals surface area contributed by atoms with Crippen LogP contribution in [0.2, 0.25) is 5.02 Å². The Morgan fingerprint density at radius 1 is 1.15 bits per heavy atom. The van der Waals surface area contributed by atoms with Gasteiger partial charge in [0.25, 0.3) is 5.91 Å². The van der Waals surface area contributed by atoms with Crippen LogP contribution in [-0.2, 0) is 7.05 Å². The van der Waals surface area contributed by atoms with Gasteiger partial charge in [-0.2, -0.15) is 5.10 Å². The number of hydrogen-bond acceptors (Lipinski definition) is 3. The van der Waals surface area contributed by atoms with Gasteiger partial charge in [0.2, 0.25) is 0 Å². The zero-order valence-corrected chi connectivity index (χ0v) is 15.7. The molecule has 4 aromatic rings. The number of fused-ring (bicyclic) bond motifs is 1. The van der Waals surface area contributed by atoms with Gasteiger partial charge < -0.3 is 9.88 Å². The van der Waals surface area contributed by atoms with Gasteiger partial charge in [0.1, 0.15) is 18.3 Å². The van der Waals surface area contributed by atoms with Gasteiger partial charge in [0.15, 0.2) is 0 Å². The molecule has 1 atom stereocenters. The summed E-state index contributed by atoms with van der Waals surface area (Å²) in [5, 5.41) is 8.48. The molecule has 2 aromatic carbocycles. The van der Waals surface area contributed by atoms with Crippen LogP contribution in [0.3, 0.4) is 0 Å². The van der Waals surface area contributed by atoms with Gasteiger partial charge in [0, 0.05) is 18.0 Å². The van der Waals surface area contributed by atoms with Crippen molar-refractivity contribution in [3.8, 4) is 5.69 Å². The number of rotatable bonds is 4. The van der Waals surface area contributed by atoms with Crippen LogP contribution in [0.1, 0.15) is 29.0 Å². The van der Waals surface area contributed by atoms with Crippen LogP contribution in [0.5, 0.6) is 0 Å². The molecule has 0 radical (unpaired) electrons. The Hall–Kier alpha value is -3.12. The fourth-order valence-electron chi connectivity index (χ4n) is 3.20. The number of carbonyl (C=O) groups excluding carboxylic acids is 1. The van der Waals surface area contributed by atoms with E-state index in [2.05, 4.69) is 15.4 Å². The van der Waals surface area contributed by atoms with Gasteiger partial charge in [-0.1, -0.05) is 41.9 Å². The molecule has 2 heterocycles. The van der Waals surface area contributed by atoms with Crippen LogP contribution in [0.4, 0.5) is 0 Å². The lowest BCUT2D eigenvalue weighted by Crippen LogP contribution is -2.28. The summed E-state index contributed by atoms with van der Waals surface area (Å²) in [4.78, 5) is 16.8. The maximum absolute atomic E-state index is 12.9. The molecule has 0 aliphatic rings. The summed E-state index contributed by atoms with van der Waals surface area (Å²) in [6.07, 6.45) is 3.13. The molecule has 1 unspecified atom stereocenters. The Bertz CT molecular complexity index is 1060. The van der Waals surface area contributed by atoms with Gasteiger partial charge in [-0.3, -0.25) is 4.79 Å². The molecule has 0 bridgehead atoms. The van der Waals surface area contributed by atoms with E-state index in [0.717, 1.165) is 22.2 Å². The summed E-state index contributed by atoms with van der Waals surface area (Å²) >= 11 is 6.47. The van der Waals surface area contributed by atoms with Gasteiger partial charge in [0.05, 0.1) is 16.8 Å². The molecule has 0 saturated carbocycles. The number of aromatic nitrogens is 4. The number of halogens is 1. The molecule has 0 saturated heterocycles. The zero-order chi connectivity index (χ0) is 19.0. The molecular formula is C20H18ClN5O. The van der Waals surface area contributed by atoms with Crippen molar-refractivity contribution >= 4 is 28.4 Å². The van der Waals surface area contributed by atoms with E-state index in [-0.39, 0.29) is 11.9 Å². The highest BCUT2D eigenvalue weighted by Crippen LogP contribution is 2.30. The van der Waals surface area contributed by atoms with Crippen LogP contribution >= 0.6 is 11.6 Å². The average molecular weight is 380 g/mol. The van der Waals surface area contributed by atoms with E-state index in [9.17, 15) is 4.79 Å².